The van der Waals surface area contributed by atoms with Crippen molar-refractivity contribution in [3.05, 3.63) is 110 Å². The second kappa shape index (κ2) is 20.0. The Morgan fingerprint density at radius 3 is 1.85 bits per heavy atom. The fourth-order valence-corrected chi connectivity index (χ4v) is 8.17. The predicted molar refractivity (Wildman–Crippen MR) is 211 cm³/mol. The lowest BCUT2D eigenvalue weighted by Gasteiger charge is -2.29. The smallest absolute Gasteiger partial charge is 0.404 e. The Balaban J connectivity index is 0.000000263. The van der Waals surface area contributed by atoms with E-state index in [4.69, 9.17) is 16.3 Å². The summed E-state index contributed by atoms with van der Waals surface area (Å²) in [6.45, 7) is 3.98. The van der Waals surface area contributed by atoms with Gasteiger partial charge in [0.2, 0.25) is 0 Å². The van der Waals surface area contributed by atoms with Crippen molar-refractivity contribution < 1.29 is 53.4 Å². The normalized spacial score (nSPS) is 16.6. The lowest BCUT2D eigenvalue weighted by atomic mass is 9.99. The van der Waals surface area contributed by atoms with Crippen molar-refractivity contribution in [3.8, 4) is 17.2 Å². The van der Waals surface area contributed by atoms with Crippen LogP contribution in [0.1, 0.15) is 37.8 Å². The first-order valence-electron chi connectivity index (χ1n) is 17.8. The Bertz CT molecular complexity index is 2390. The maximum atomic E-state index is 14.8. The molecule has 1 saturated heterocycles. The third-order valence-corrected chi connectivity index (χ3v) is 12.0. The number of halogens is 9. The van der Waals surface area contributed by atoms with Crippen LogP contribution in [0, 0.1) is 0 Å². The number of hydrogen-bond acceptors (Lipinski definition) is 10. The molecule has 3 unspecified atom stereocenters. The van der Waals surface area contributed by atoms with Crippen LogP contribution in [-0.4, -0.2) is 66.3 Å². The number of alkyl halides is 7. The number of rotatable bonds is 12. The minimum absolute atomic E-state index is 0.0495. The molecule has 0 amide bonds. The number of ether oxygens (including phenoxy) is 3. The number of nitrogens with zero attached hydrogens (tertiary/aromatic N) is 4. The van der Waals surface area contributed by atoms with Crippen LogP contribution in [0.25, 0.3) is 5.69 Å². The zero-order valence-corrected chi connectivity index (χ0v) is 35.4. The fraction of sp³-hybridized carbons (Fsp3) is 0.316. The first kappa shape index (κ1) is 46.6. The highest BCUT2D eigenvalue weighted by atomic mass is 79.9. The average molecular weight is 969 g/mol. The van der Waals surface area contributed by atoms with Gasteiger partial charge >= 0.3 is 12.7 Å². The van der Waals surface area contributed by atoms with Crippen molar-refractivity contribution in [3.63, 3.8) is 0 Å². The van der Waals surface area contributed by atoms with Crippen molar-refractivity contribution in [1.82, 2.24) is 19.7 Å². The van der Waals surface area contributed by atoms with Crippen LogP contribution >= 0.6 is 27.5 Å². The standard InChI is InChI=1S/C24H23ClF4N4O4S.C14H11BrF3NO2S/c1-2-15-4-6-18(37-24(27,28)29)19(10-15)38(35)20-7-5-16(11-30-20)33-22(34)21(25)17(12-32-33)31-13-23(26)8-3-9-36-14-23;1-2-9-3-5-11(21-14(16,17)18)12(7-9)22(20)13-6-4-10(15)8-19-13/h4-7,10-12,31H,2-3,8-9,13-14H2,1H3;3-8H,2H2,1H3. The largest absolute Gasteiger partial charge is 0.573 e. The van der Waals surface area contributed by atoms with E-state index in [2.05, 4.69) is 45.8 Å². The second-order valence-electron chi connectivity index (χ2n) is 12.8. The van der Waals surface area contributed by atoms with E-state index in [1.54, 1.807) is 13.0 Å². The van der Waals surface area contributed by atoms with Crippen molar-refractivity contribution in [2.24, 2.45) is 0 Å². The Labute approximate surface area is 356 Å². The van der Waals surface area contributed by atoms with E-state index in [0.29, 0.717) is 42.3 Å². The fourth-order valence-electron chi connectivity index (χ4n) is 5.51. The van der Waals surface area contributed by atoms with Crippen LogP contribution in [0.4, 0.5) is 36.4 Å². The number of benzene rings is 2. The van der Waals surface area contributed by atoms with Crippen LogP contribution in [0.5, 0.6) is 11.5 Å². The molecular weight excluding hydrogens is 935 g/mol. The molecule has 22 heteroatoms. The molecule has 3 aromatic heterocycles. The van der Waals surface area contributed by atoms with Gasteiger partial charge in [0.15, 0.2) is 5.67 Å². The zero-order chi connectivity index (χ0) is 43.8. The van der Waals surface area contributed by atoms with Crippen LogP contribution in [0.15, 0.2) is 108 Å². The van der Waals surface area contributed by atoms with Crippen molar-refractivity contribution in [2.75, 3.05) is 25.1 Å². The Morgan fingerprint density at radius 2 is 1.40 bits per heavy atom. The van der Waals surface area contributed by atoms with Gasteiger partial charge < -0.3 is 19.5 Å². The summed E-state index contributed by atoms with van der Waals surface area (Å²) in [5, 5.41) is 6.72. The van der Waals surface area contributed by atoms with Crippen molar-refractivity contribution in [2.45, 2.75) is 77.8 Å². The molecule has 0 saturated carbocycles. The number of nitrogens with one attached hydrogen (secondary N) is 1. The summed E-state index contributed by atoms with van der Waals surface area (Å²) in [4.78, 5) is 20.6. The van der Waals surface area contributed by atoms with E-state index < -0.39 is 57.1 Å². The maximum Gasteiger partial charge on any atom is 0.573 e. The minimum atomic E-state index is -4.97. The third kappa shape index (κ3) is 12.6. The van der Waals surface area contributed by atoms with Gasteiger partial charge in [0.25, 0.3) is 5.56 Å². The van der Waals surface area contributed by atoms with Gasteiger partial charge in [-0.15, -0.1) is 26.3 Å². The molecule has 60 heavy (non-hydrogen) atoms. The molecule has 11 nitrogen and oxygen atoms in total. The molecule has 1 N–H and O–H groups in total. The summed E-state index contributed by atoms with van der Waals surface area (Å²) in [6.07, 6.45) is -3.93. The topological polar surface area (TPSA) is 135 Å². The molecule has 5 aromatic rings. The SMILES string of the molecule is CCc1ccc(OC(F)(F)F)c(S(=O)c2ccc(-n3ncc(NCC4(F)CCCOC4)c(Cl)c3=O)cn2)c1.CCc1ccc(OC(F)(F)F)c(S(=O)c2ccc(Br)cn2)c1. The van der Waals surface area contributed by atoms with Crippen LogP contribution in [0.2, 0.25) is 5.02 Å². The van der Waals surface area contributed by atoms with Gasteiger partial charge in [-0.05, 0) is 101 Å². The van der Waals surface area contributed by atoms with Gasteiger partial charge in [-0.25, -0.2) is 22.8 Å². The molecule has 1 aliphatic rings. The Morgan fingerprint density at radius 1 is 0.850 bits per heavy atom. The summed E-state index contributed by atoms with van der Waals surface area (Å²) in [6, 6.07) is 13.8. The maximum absolute atomic E-state index is 14.8. The van der Waals surface area contributed by atoms with Crippen molar-refractivity contribution in [1.29, 1.82) is 0 Å². The molecule has 6 rings (SSSR count). The molecule has 1 fully saturated rings. The lowest BCUT2D eigenvalue weighted by molar-refractivity contribution is -0.276. The molecule has 1 aliphatic heterocycles. The Hall–Kier alpha value is -4.44. The summed E-state index contributed by atoms with van der Waals surface area (Å²) in [5.41, 5.74) is -0.567. The summed E-state index contributed by atoms with van der Waals surface area (Å²) < 4.78 is 131. The second-order valence-corrected chi connectivity index (χ2v) is 16.9. The summed E-state index contributed by atoms with van der Waals surface area (Å²) >= 11 is 9.40. The molecule has 322 valence electrons. The lowest BCUT2D eigenvalue weighted by Crippen LogP contribution is -2.40. The number of pyridine rings is 2. The predicted octanol–water partition coefficient (Wildman–Crippen LogP) is 9.31. The summed E-state index contributed by atoms with van der Waals surface area (Å²) in [7, 11) is -3.99. The van der Waals surface area contributed by atoms with E-state index in [1.165, 1.54) is 67.1 Å². The summed E-state index contributed by atoms with van der Waals surface area (Å²) in [5.74, 6) is -1.07. The van der Waals surface area contributed by atoms with Crippen LogP contribution < -0.4 is 20.3 Å². The van der Waals surface area contributed by atoms with Gasteiger partial charge in [-0.3, -0.25) is 4.79 Å². The number of aromatic nitrogens is 4. The van der Waals surface area contributed by atoms with E-state index >= 15 is 0 Å². The molecule has 0 spiro atoms. The van der Waals surface area contributed by atoms with Gasteiger partial charge in [0.05, 0.1) is 46.7 Å². The highest BCUT2D eigenvalue weighted by molar-refractivity contribution is 9.10. The van der Waals surface area contributed by atoms with E-state index in [9.17, 15) is 43.9 Å². The highest BCUT2D eigenvalue weighted by Gasteiger charge is 2.35. The minimum Gasteiger partial charge on any atom is -0.404 e. The van der Waals surface area contributed by atoms with E-state index in [1.807, 2.05) is 6.92 Å². The first-order chi connectivity index (χ1) is 28.3. The van der Waals surface area contributed by atoms with E-state index in [-0.39, 0.29) is 49.4 Å². The third-order valence-electron chi connectivity index (χ3n) is 8.52. The monoisotopic (exact) mass is 967 g/mol. The van der Waals surface area contributed by atoms with Gasteiger partial charge in [-0.2, -0.15) is 9.78 Å². The van der Waals surface area contributed by atoms with E-state index in [0.717, 1.165) is 16.3 Å². The average Bonchev–Trinajstić information content (AvgIpc) is 3.21. The molecule has 2 aromatic carbocycles. The van der Waals surface area contributed by atoms with Gasteiger partial charge in [0.1, 0.15) is 48.2 Å². The zero-order valence-electron chi connectivity index (χ0n) is 31.4. The molecule has 3 atom stereocenters. The quantitative estimate of drug-likeness (QED) is 0.121. The van der Waals surface area contributed by atoms with Crippen LogP contribution in [0.3, 0.4) is 0 Å². The highest BCUT2D eigenvalue weighted by Crippen LogP contribution is 2.34. The Kier molecular flexibility index (Phi) is 15.5. The molecule has 0 radical (unpaired) electrons. The van der Waals surface area contributed by atoms with Gasteiger partial charge in [0, 0.05) is 17.3 Å². The number of anilines is 1. The van der Waals surface area contributed by atoms with Crippen LogP contribution in [-0.2, 0) is 39.2 Å². The molecule has 0 aliphatic carbocycles. The number of aryl methyl sites for hydroxylation is 2. The molecule has 4 heterocycles. The van der Waals surface area contributed by atoms with Gasteiger partial charge in [-0.1, -0.05) is 37.6 Å². The number of hydrogen-bond donors (Lipinski definition) is 1. The van der Waals surface area contributed by atoms with Crippen molar-refractivity contribution >= 4 is 54.8 Å². The first-order valence-corrected chi connectivity index (χ1v) is 21.2. The molecule has 0 bridgehead atoms. The molecular formula is C38H34BrClF7N5O6S2.